The van der Waals surface area contributed by atoms with Gasteiger partial charge in [0.25, 0.3) is 10.0 Å². The lowest BCUT2D eigenvalue weighted by Gasteiger charge is -2.38. The lowest BCUT2D eigenvalue weighted by Crippen LogP contribution is -2.55. The summed E-state index contributed by atoms with van der Waals surface area (Å²) in [6.45, 7) is 8.32. The molecule has 0 bridgehead atoms. The maximum absolute atomic E-state index is 13.3. The molecular weight excluding hydrogens is 426 g/mol. The number of benzene rings is 2. The van der Waals surface area contributed by atoms with Crippen LogP contribution in [0.1, 0.15) is 29.5 Å². The highest BCUT2D eigenvalue weighted by atomic mass is 32.2. The van der Waals surface area contributed by atoms with Gasteiger partial charge in [-0.3, -0.25) is 9.59 Å². The van der Waals surface area contributed by atoms with Crippen molar-refractivity contribution in [3.63, 3.8) is 0 Å². The molecule has 2 saturated heterocycles. The van der Waals surface area contributed by atoms with Crippen molar-refractivity contribution in [2.75, 3.05) is 31.1 Å². The average molecular weight is 456 g/mol. The lowest BCUT2D eigenvalue weighted by molar-refractivity contribution is -0.138. The largest absolute Gasteiger partial charge is 0.368 e. The van der Waals surface area contributed by atoms with Crippen LogP contribution in [0.25, 0.3) is 0 Å². The molecule has 2 heterocycles. The molecule has 2 aromatic rings. The zero-order valence-corrected chi connectivity index (χ0v) is 19.6. The SMILES string of the molecule is Cc1ccc(S(=O)(=O)N2C(=O)CC[C@H]2C(=O)N2CCN(c3cc(C)ccc3C)CC2)cc1. The normalized spacial score (nSPS) is 19.5. The summed E-state index contributed by atoms with van der Waals surface area (Å²) >= 11 is 0. The van der Waals surface area contributed by atoms with Gasteiger partial charge in [0.2, 0.25) is 11.8 Å². The van der Waals surface area contributed by atoms with Gasteiger partial charge in [-0.25, -0.2) is 12.7 Å². The maximum Gasteiger partial charge on any atom is 0.267 e. The van der Waals surface area contributed by atoms with Gasteiger partial charge in [0, 0.05) is 38.3 Å². The molecule has 0 aliphatic carbocycles. The zero-order chi connectivity index (χ0) is 23.0. The van der Waals surface area contributed by atoms with E-state index in [1.165, 1.54) is 23.3 Å². The molecule has 0 N–H and O–H groups in total. The van der Waals surface area contributed by atoms with Gasteiger partial charge in [-0.05, 0) is 56.5 Å². The summed E-state index contributed by atoms with van der Waals surface area (Å²) in [6.07, 6.45) is 0.282. The molecular formula is C24H29N3O4S. The first-order valence-corrected chi connectivity index (χ1v) is 12.4. The van der Waals surface area contributed by atoms with Gasteiger partial charge in [-0.1, -0.05) is 29.8 Å². The summed E-state index contributed by atoms with van der Waals surface area (Å²) < 4.78 is 27.2. The second-order valence-electron chi connectivity index (χ2n) is 8.66. The number of sulfonamides is 1. The third kappa shape index (κ3) is 4.11. The van der Waals surface area contributed by atoms with E-state index in [1.807, 2.05) is 6.92 Å². The van der Waals surface area contributed by atoms with Crippen molar-refractivity contribution < 1.29 is 18.0 Å². The van der Waals surface area contributed by atoms with Crippen LogP contribution in [-0.2, 0) is 19.6 Å². The fourth-order valence-electron chi connectivity index (χ4n) is 4.45. The van der Waals surface area contributed by atoms with Crippen molar-refractivity contribution in [3.05, 3.63) is 59.2 Å². The second kappa shape index (κ2) is 8.58. The molecule has 4 rings (SSSR count). The summed E-state index contributed by atoms with van der Waals surface area (Å²) in [5, 5.41) is 0. The van der Waals surface area contributed by atoms with Crippen LogP contribution in [0.2, 0.25) is 0 Å². The third-order valence-electron chi connectivity index (χ3n) is 6.32. The van der Waals surface area contributed by atoms with Crippen LogP contribution in [0, 0.1) is 20.8 Å². The summed E-state index contributed by atoms with van der Waals surface area (Å²) in [7, 11) is -4.08. The molecule has 0 aromatic heterocycles. The number of hydrogen-bond donors (Lipinski definition) is 0. The Hall–Kier alpha value is -2.87. The molecule has 7 nitrogen and oxygen atoms in total. The highest BCUT2D eigenvalue weighted by Gasteiger charge is 2.45. The molecule has 2 fully saturated rings. The Morgan fingerprint density at radius 1 is 0.906 bits per heavy atom. The quantitative estimate of drug-likeness (QED) is 0.708. The van der Waals surface area contributed by atoms with Crippen LogP contribution in [0.3, 0.4) is 0 Å². The topological polar surface area (TPSA) is 78.0 Å². The monoisotopic (exact) mass is 455 g/mol. The van der Waals surface area contributed by atoms with Gasteiger partial charge in [0.1, 0.15) is 6.04 Å². The van der Waals surface area contributed by atoms with E-state index in [0.717, 1.165) is 15.6 Å². The van der Waals surface area contributed by atoms with Crippen LogP contribution < -0.4 is 4.90 Å². The molecule has 2 aromatic carbocycles. The van der Waals surface area contributed by atoms with Crippen molar-refractivity contribution >= 4 is 27.5 Å². The predicted molar refractivity (Wildman–Crippen MR) is 123 cm³/mol. The van der Waals surface area contributed by atoms with Crippen molar-refractivity contribution in [1.82, 2.24) is 9.21 Å². The molecule has 0 saturated carbocycles. The van der Waals surface area contributed by atoms with Crippen LogP contribution >= 0.6 is 0 Å². The van der Waals surface area contributed by atoms with E-state index >= 15 is 0 Å². The highest BCUT2D eigenvalue weighted by Crippen LogP contribution is 2.29. The van der Waals surface area contributed by atoms with E-state index in [-0.39, 0.29) is 23.6 Å². The number of rotatable bonds is 4. The molecule has 2 amide bonds. The van der Waals surface area contributed by atoms with Gasteiger partial charge < -0.3 is 9.80 Å². The Morgan fingerprint density at radius 3 is 2.19 bits per heavy atom. The van der Waals surface area contributed by atoms with Gasteiger partial charge in [-0.2, -0.15) is 0 Å². The second-order valence-corrected chi connectivity index (χ2v) is 10.5. The minimum atomic E-state index is -4.08. The predicted octanol–water partition coefficient (Wildman–Crippen LogP) is 2.64. The molecule has 0 spiro atoms. The molecule has 0 radical (unpaired) electrons. The van der Waals surface area contributed by atoms with Crippen LogP contribution in [0.4, 0.5) is 5.69 Å². The van der Waals surface area contributed by atoms with E-state index in [0.29, 0.717) is 26.2 Å². The van der Waals surface area contributed by atoms with Crippen molar-refractivity contribution in [2.45, 2.75) is 44.6 Å². The van der Waals surface area contributed by atoms with E-state index in [1.54, 1.807) is 17.0 Å². The first kappa shape index (κ1) is 22.3. The number of anilines is 1. The Kier molecular flexibility index (Phi) is 5.99. The van der Waals surface area contributed by atoms with Crippen LogP contribution in [0.5, 0.6) is 0 Å². The fraction of sp³-hybridized carbons (Fsp3) is 0.417. The fourth-order valence-corrected chi connectivity index (χ4v) is 6.05. The molecule has 0 unspecified atom stereocenters. The number of hydrogen-bond acceptors (Lipinski definition) is 5. The molecule has 2 aliphatic rings. The number of amides is 2. The highest BCUT2D eigenvalue weighted by molar-refractivity contribution is 7.89. The van der Waals surface area contributed by atoms with Gasteiger partial charge in [0.15, 0.2) is 0 Å². The van der Waals surface area contributed by atoms with E-state index in [9.17, 15) is 18.0 Å². The molecule has 2 aliphatic heterocycles. The molecule has 1 atom stereocenters. The summed E-state index contributed by atoms with van der Waals surface area (Å²) in [5.74, 6) is -0.801. The summed E-state index contributed by atoms with van der Waals surface area (Å²) in [4.78, 5) is 29.8. The number of carbonyl (C=O) groups is 2. The smallest absolute Gasteiger partial charge is 0.267 e. The lowest BCUT2D eigenvalue weighted by atomic mass is 10.1. The van der Waals surface area contributed by atoms with Crippen LogP contribution in [0.15, 0.2) is 47.4 Å². The Labute approximate surface area is 189 Å². The third-order valence-corrected chi connectivity index (χ3v) is 8.16. The first-order valence-electron chi connectivity index (χ1n) is 10.9. The van der Waals surface area contributed by atoms with Gasteiger partial charge in [0.05, 0.1) is 4.90 Å². The van der Waals surface area contributed by atoms with Gasteiger partial charge in [-0.15, -0.1) is 0 Å². The Balaban J connectivity index is 1.50. The molecule has 32 heavy (non-hydrogen) atoms. The molecule has 170 valence electrons. The summed E-state index contributed by atoms with van der Waals surface area (Å²) in [5.41, 5.74) is 4.46. The zero-order valence-electron chi connectivity index (χ0n) is 18.7. The van der Waals surface area contributed by atoms with Gasteiger partial charge >= 0.3 is 0 Å². The minimum Gasteiger partial charge on any atom is -0.368 e. The van der Waals surface area contributed by atoms with Crippen LogP contribution in [-0.4, -0.2) is 61.7 Å². The average Bonchev–Trinajstić information content (AvgIpc) is 3.17. The molecule has 8 heteroatoms. The Bertz CT molecular complexity index is 1140. The van der Waals surface area contributed by atoms with Crippen molar-refractivity contribution in [2.24, 2.45) is 0 Å². The minimum absolute atomic E-state index is 0.0379. The van der Waals surface area contributed by atoms with E-state index in [2.05, 4.69) is 36.9 Å². The van der Waals surface area contributed by atoms with E-state index < -0.39 is 22.0 Å². The number of carbonyl (C=O) groups excluding carboxylic acids is 2. The number of nitrogens with zero attached hydrogens (tertiary/aromatic N) is 3. The standard InChI is InChI=1S/C24H29N3O4S/c1-17-5-8-20(9-6-17)32(30,31)27-21(10-11-23(27)28)24(29)26-14-12-25(13-15-26)22-16-18(2)4-7-19(22)3/h4-9,16,21H,10-15H2,1-3H3/t21-/m0/s1. The number of aryl methyl sites for hydroxylation is 3. The summed E-state index contributed by atoms with van der Waals surface area (Å²) in [6, 6.07) is 11.7. The van der Waals surface area contributed by atoms with E-state index in [4.69, 9.17) is 0 Å². The Morgan fingerprint density at radius 2 is 1.53 bits per heavy atom. The van der Waals surface area contributed by atoms with Crippen molar-refractivity contribution in [1.29, 1.82) is 0 Å². The number of piperazine rings is 1. The van der Waals surface area contributed by atoms with Crippen molar-refractivity contribution in [3.8, 4) is 0 Å². The first-order chi connectivity index (χ1) is 15.2. The maximum atomic E-state index is 13.3.